The predicted molar refractivity (Wildman–Crippen MR) is 102 cm³/mol. The van der Waals surface area contributed by atoms with Gasteiger partial charge in [-0.2, -0.15) is 0 Å². The first-order valence-corrected chi connectivity index (χ1v) is 9.73. The minimum atomic E-state index is -0.162. The van der Waals surface area contributed by atoms with Crippen molar-refractivity contribution in [3.05, 3.63) is 23.3 Å². The molecule has 0 aromatic heterocycles. The molecule has 1 fully saturated rings. The summed E-state index contributed by atoms with van der Waals surface area (Å²) < 4.78 is 5.70. The molecule has 4 atom stereocenters. The van der Waals surface area contributed by atoms with Gasteiger partial charge in [0.05, 0.1) is 6.61 Å². The van der Waals surface area contributed by atoms with Gasteiger partial charge in [0.25, 0.3) is 0 Å². The lowest BCUT2D eigenvalue weighted by Crippen LogP contribution is -2.55. The normalized spacial score (nSPS) is 34.9. The molecule has 0 heterocycles. The van der Waals surface area contributed by atoms with Gasteiger partial charge < -0.3 is 9.84 Å². The average Bonchev–Trinajstić information content (AvgIpc) is 2.49. The molecule has 4 unspecified atom stereocenters. The summed E-state index contributed by atoms with van der Waals surface area (Å²) in [5.74, 6) is 0.922. The van der Waals surface area contributed by atoms with Crippen molar-refractivity contribution < 1.29 is 14.6 Å². The van der Waals surface area contributed by atoms with Gasteiger partial charge in [-0.25, -0.2) is 0 Å². The lowest BCUT2D eigenvalue weighted by Gasteiger charge is -2.59. The van der Waals surface area contributed by atoms with E-state index in [2.05, 4.69) is 40.7 Å². The molecule has 2 aliphatic rings. The first-order valence-electron chi connectivity index (χ1n) is 9.73. The minimum absolute atomic E-state index is 0.00982. The van der Waals surface area contributed by atoms with Crippen LogP contribution in [0.5, 0.6) is 0 Å². The van der Waals surface area contributed by atoms with E-state index in [9.17, 15) is 4.79 Å². The number of aliphatic hydroxyl groups excluding tert-OH is 1. The molecule has 3 heteroatoms. The molecule has 25 heavy (non-hydrogen) atoms. The van der Waals surface area contributed by atoms with Crippen molar-refractivity contribution in [2.45, 2.75) is 79.8 Å². The zero-order valence-electron chi connectivity index (χ0n) is 16.9. The summed E-state index contributed by atoms with van der Waals surface area (Å²) in [5.41, 5.74) is 3.02. The number of ether oxygens (including phenoxy) is 1. The second kappa shape index (κ2) is 7.65. The van der Waals surface area contributed by atoms with Crippen LogP contribution in [0.25, 0.3) is 0 Å². The fourth-order valence-corrected chi connectivity index (χ4v) is 5.62. The zero-order chi connectivity index (χ0) is 18.8. The Balaban J connectivity index is 2.25. The third-order valence-corrected chi connectivity index (χ3v) is 7.07. The molecular weight excluding hydrogens is 312 g/mol. The number of hydrogen-bond acceptors (Lipinski definition) is 3. The van der Waals surface area contributed by atoms with E-state index in [1.807, 2.05) is 6.08 Å². The summed E-state index contributed by atoms with van der Waals surface area (Å²) in [6, 6.07) is 0. The lowest BCUT2D eigenvalue weighted by molar-refractivity contribution is -0.171. The Hall–Kier alpha value is -1.09. The van der Waals surface area contributed by atoms with Crippen LogP contribution in [0.4, 0.5) is 0 Å². The SMILES string of the molecule is CC(=O)OC1CCC2(C)C(CCC(C)=CCO)C(C)=CCC2C1(C)C. The van der Waals surface area contributed by atoms with E-state index in [0.717, 1.165) is 32.1 Å². The molecule has 0 aliphatic heterocycles. The first kappa shape index (κ1) is 20.2. The summed E-state index contributed by atoms with van der Waals surface area (Å²) in [5, 5.41) is 9.10. The van der Waals surface area contributed by atoms with Gasteiger partial charge in [0.15, 0.2) is 0 Å². The van der Waals surface area contributed by atoms with E-state index in [1.165, 1.54) is 18.1 Å². The average molecular weight is 349 g/mol. The highest BCUT2D eigenvalue weighted by molar-refractivity contribution is 5.66. The van der Waals surface area contributed by atoms with Crippen LogP contribution in [0.15, 0.2) is 23.3 Å². The minimum Gasteiger partial charge on any atom is -0.462 e. The second-order valence-corrected chi connectivity index (χ2v) is 9.02. The van der Waals surface area contributed by atoms with Gasteiger partial charge >= 0.3 is 5.97 Å². The van der Waals surface area contributed by atoms with E-state index in [-0.39, 0.29) is 29.5 Å². The van der Waals surface area contributed by atoms with Gasteiger partial charge in [-0.05, 0) is 63.2 Å². The smallest absolute Gasteiger partial charge is 0.302 e. The lowest BCUT2D eigenvalue weighted by atomic mass is 9.47. The van der Waals surface area contributed by atoms with E-state index < -0.39 is 0 Å². The number of carbonyl (C=O) groups excluding carboxylic acids is 1. The molecule has 0 aromatic rings. The van der Waals surface area contributed by atoms with Crippen molar-refractivity contribution in [2.24, 2.45) is 22.7 Å². The van der Waals surface area contributed by atoms with Crippen LogP contribution in [0.3, 0.4) is 0 Å². The van der Waals surface area contributed by atoms with Crippen molar-refractivity contribution in [3.63, 3.8) is 0 Å². The van der Waals surface area contributed by atoms with E-state index >= 15 is 0 Å². The maximum Gasteiger partial charge on any atom is 0.302 e. The number of fused-ring (bicyclic) bond motifs is 1. The van der Waals surface area contributed by atoms with Crippen LogP contribution < -0.4 is 0 Å². The standard InChI is InChI=1S/C22H36O3/c1-15(12-14-23)7-9-18-16(2)8-10-19-21(4,5)20(25-17(3)24)11-13-22(18,19)6/h8,12,18-20,23H,7,9-11,13-14H2,1-6H3. The molecule has 2 rings (SSSR count). The quantitative estimate of drug-likeness (QED) is 0.559. The Morgan fingerprint density at radius 2 is 2.04 bits per heavy atom. The Morgan fingerprint density at radius 1 is 1.36 bits per heavy atom. The number of aliphatic hydroxyl groups is 1. The topological polar surface area (TPSA) is 46.5 Å². The summed E-state index contributed by atoms with van der Waals surface area (Å²) in [4.78, 5) is 11.5. The molecule has 1 N–H and O–H groups in total. The van der Waals surface area contributed by atoms with Gasteiger partial charge in [-0.15, -0.1) is 0 Å². The van der Waals surface area contributed by atoms with Crippen molar-refractivity contribution >= 4 is 5.97 Å². The first-order chi connectivity index (χ1) is 11.6. The van der Waals surface area contributed by atoms with Gasteiger partial charge in [0.1, 0.15) is 6.10 Å². The number of rotatable bonds is 5. The Labute approximate surface area is 153 Å². The number of allylic oxidation sites excluding steroid dienone is 3. The molecule has 0 spiro atoms. The van der Waals surface area contributed by atoms with Gasteiger partial charge in [-0.1, -0.05) is 44.1 Å². The highest BCUT2D eigenvalue weighted by Crippen LogP contribution is 2.61. The van der Waals surface area contributed by atoms with Crippen molar-refractivity contribution in [3.8, 4) is 0 Å². The molecule has 2 aliphatic carbocycles. The van der Waals surface area contributed by atoms with E-state index in [0.29, 0.717) is 11.8 Å². The molecule has 3 nitrogen and oxygen atoms in total. The second-order valence-electron chi connectivity index (χ2n) is 9.02. The monoisotopic (exact) mass is 348 g/mol. The maximum atomic E-state index is 11.5. The maximum absolute atomic E-state index is 11.5. The number of esters is 1. The highest BCUT2D eigenvalue weighted by atomic mass is 16.5. The third-order valence-electron chi connectivity index (χ3n) is 7.07. The molecule has 0 bridgehead atoms. The summed E-state index contributed by atoms with van der Waals surface area (Å²) >= 11 is 0. The predicted octanol–water partition coefficient (Wildman–Crippen LogP) is 5.05. The fraction of sp³-hybridized carbons (Fsp3) is 0.773. The van der Waals surface area contributed by atoms with Crippen LogP contribution in [0.2, 0.25) is 0 Å². The number of carbonyl (C=O) groups is 1. The highest BCUT2D eigenvalue weighted by Gasteiger charge is 2.56. The van der Waals surface area contributed by atoms with Gasteiger partial charge in [0, 0.05) is 12.3 Å². The van der Waals surface area contributed by atoms with E-state index in [1.54, 1.807) is 0 Å². The van der Waals surface area contributed by atoms with Crippen LogP contribution in [0, 0.1) is 22.7 Å². The van der Waals surface area contributed by atoms with Crippen LogP contribution in [-0.2, 0) is 9.53 Å². The summed E-state index contributed by atoms with van der Waals surface area (Å²) in [7, 11) is 0. The zero-order valence-corrected chi connectivity index (χ0v) is 16.9. The summed E-state index contributed by atoms with van der Waals surface area (Å²) in [6.45, 7) is 13.1. The Kier molecular flexibility index (Phi) is 6.19. The molecule has 0 aromatic carbocycles. The molecule has 0 saturated heterocycles. The molecule has 0 radical (unpaired) electrons. The van der Waals surface area contributed by atoms with Crippen molar-refractivity contribution in [1.29, 1.82) is 0 Å². The van der Waals surface area contributed by atoms with E-state index in [4.69, 9.17) is 9.84 Å². The van der Waals surface area contributed by atoms with Crippen molar-refractivity contribution in [2.75, 3.05) is 6.61 Å². The fourth-order valence-electron chi connectivity index (χ4n) is 5.62. The molecule has 1 saturated carbocycles. The van der Waals surface area contributed by atoms with Crippen LogP contribution in [0.1, 0.15) is 73.6 Å². The Morgan fingerprint density at radius 3 is 2.64 bits per heavy atom. The third kappa shape index (κ3) is 4.02. The molecule has 0 amide bonds. The molecule has 142 valence electrons. The van der Waals surface area contributed by atoms with Crippen molar-refractivity contribution in [1.82, 2.24) is 0 Å². The van der Waals surface area contributed by atoms with Crippen LogP contribution in [-0.4, -0.2) is 23.8 Å². The molecular formula is C22H36O3. The summed E-state index contributed by atoms with van der Waals surface area (Å²) in [6.07, 6.45) is 9.66. The van der Waals surface area contributed by atoms with Gasteiger partial charge in [0.2, 0.25) is 0 Å². The number of hydrogen-bond donors (Lipinski definition) is 1. The van der Waals surface area contributed by atoms with Gasteiger partial charge in [-0.3, -0.25) is 4.79 Å². The Bertz CT molecular complexity index is 558. The van der Waals surface area contributed by atoms with Crippen LogP contribution >= 0.6 is 0 Å². The largest absolute Gasteiger partial charge is 0.462 e.